The Morgan fingerprint density at radius 2 is 2.36 bits per heavy atom. The molecule has 3 nitrogen and oxygen atoms in total. The monoisotopic (exact) mass is 149 g/mol. The summed E-state index contributed by atoms with van der Waals surface area (Å²) in [6.07, 6.45) is 0. The average molecular weight is 149 g/mol. The van der Waals surface area contributed by atoms with Crippen molar-refractivity contribution >= 4 is 5.78 Å². The first-order valence-corrected chi connectivity index (χ1v) is 3.16. The number of furan rings is 1. The van der Waals surface area contributed by atoms with E-state index in [1.807, 2.05) is 6.07 Å². The fraction of sp³-hybridized carbons (Fsp3) is 0.250. The maximum absolute atomic E-state index is 10.7. The number of carbonyl (C=O) groups excluding carboxylic acids is 1. The van der Waals surface area contributed by atoms with Gasteiger partial charge in [0.1, 0.15) is 11.8 Å². The molecule has 0 N–H and O–H groups in total. The Kier molecular flexibility index (Phi) is 1.77. The molecule has 0 amide bonds. The first-order valence-electron chi connectivity index (χ1n) is 3.16. The van der Waals surface area contributed by atoms with Crippen LogP contribution in [0, 0.1) is 18.3 Å². The second kappa shape index (κ2) is 2.59. The molecule has 1 rings (SSSR count). The van der Waals surface area contributed by atoms with Gasteiger partial charge in [0.2, 0.25) is 0 Å². The third kappa shape index (κ3) is 1.30. The van der Waals surface area contributed by atoms with E-state index < -0.39 is 0 Å². The van der Waals surface area contributed by atoms with Gasteiger partial charge in [-0.25, -0.2) is 0 Å². The summed E-state index contributed by atoms with van der Waals surface area (Å²) in [6, 6.07) is 3.38. The van der Waals surface area contributed by atoms with E-state index in [1.54, 1.807) is 6.92 Å². The van der Waals surface area contributed by atoms with Gasteiger partial charge in [0.05, 0.1) is 5.56 Å². The van der Waals surface area contributed by atoms with Gasteiger partial charge in [-0.3, -0.25) is 4.79 Å². The lowest BCUT2D eigenvalue weighted by Crippen LogP contribution is -1.85. The van der Waals surface area contributed by atoms with E-state index in [-0.39, 0.29) is 11.5 Å². The van der Waals surface area contributed by atoms with E-state index >= 15 is 0 Å². The van der Waals surface area contributed by atoms with Crippen molar-refractivity contribution in [1.82, 2.24) is 0 Å². The molecule has 0 fully saturated rings. The van der Waals surface area contributed by atoms with Crippen LogP contribution in [0.4, 0.5) is 0 Å². The molecule has 0 saturated carbocycles. The zero-order valence-electron chi connectivity index (χ0n) is 6.34. The Morgan fingerprint density at radius 3 is 2.64 bits per heavy atom. The number of rotatable bonds is 1. The molecular weight excluding hydrogens is 142 g/mol. The fourth-order valence-corrected chi connectivity index (χ4v) is 0.767. The second-order valence-electron chi connectivity index (χ2n) is 2.25. The van der Waals surface area contributed by atoms with Crippen LogP contribution in [-0.4, -0.2) is 5.78 Å². The van der Waals surface area contributed by atoms with Crippen molar-refractivity contribution in [3.63, 3.8) is 0 Å². The summed E-state index contributed by atoms with van der Waals surface area (Å²) in [5.74, 6) is 0.589. The fourth-order valence-electron chi connectivity index (χ4n) is 0.767. The highest BCUT2D eigenvalue weighted by Gasteiger charge is 2.09. The minimum absolute atomic E-state index is 0.158. The van der Waals surface area contributed by atoms with Gasteiger partial charge in [-0.15, -0.1) is 0 Å². The van der Waals surface area contributed by atoms with Crippen LogP contribution in [0.1, 0.15) is 28.8 Å². The van der Waals surface area contributed by atoms with Crippen molar-refractivity contribution in [3.05, 3.63) is 23.2 Å². The van der Waals surface area contributed by atoms with Crippen molar-refractivity contribution in [2.24, 2.45) is 0 Å². The third-order valence-corrected chi connectivity index (χ3v) is 1.39. The molecule has 0 aromatic carbocycles. The normalized spacial score (nSPS) is 9.18. The lowest BCUT2D eigenvalue weighted by Gasteiger charge is -1.83. The van der Waals surface area contributed by atoms with Crippen molar-refractivity contribution in [2.75, 3.05) is 0 Å². The molecule has 11 heavy (non-hydrogen) atoms. The average Bonchev–Trinajstić information content (AvgIpc) is 2.31. The number of hydrogen-bond acceptors (Lipinski definition) is 3. The highest BCUT2D eigenvalue weighted by atomic mass is 16.3. The van der Waals surface area contributed by atoms with E-state index in [2.05, 4.69) is 0 Å². The van der Waals surface area contributed by atoms with Gasteiger partial charge < -0.3 is 4.42 Å². The highest BCUT2D eigenvalue weighted by Crippen LogP contribution is 2.13. The largest absolute Gasteiger partial charge is 0.457 e. The van der Waals surface area contributed by atoms with E-state index in [0.717, 1.165) is 0 Å². The number of carbonyl (C=O) groups is 1. The molecule has 0 radical (unpaired) electrons. The maximum Gasteiger partial charge on any atom is 0.194 e. The summed E-state index contributed by atoms with van der Waals surface area (Å²) in [7, 11) is 0. The Labute approximate surface area is 64.2 Å². The second-order valence-corrected chi connectivity index (χ2v) is 2.25. The van der Waals surface area contributed by atoms with E-state index in [4.69, 9.17) is 9.68 Å². The molecule has 0 saturated heterocycles. The zero-order valence-corrected chi connectivity index (χ0v) is 6.34. The molecule has 0 atom stereocenters. The quantitative estimate of drug-likeness (QED) is 0.570. The molecule has 0 aliphatic heterocycles. The van der Waals surface area contributed by atoms with Crippen LogP contribution in [0.15, 0.2) is 10.5 Å². The summed E-state index contributed by atoms with van der Waals surface area (Å²) in [4.78, 5) is 10.7. The summed E-state index contributed by atoms with van der Waals surface area (Å²) >= 11 is 0. The SMILES string of the molecule is CC(=O)c1cc(C#N)c(C)o1. The number of nitriles is 1. The smallest absolute Gasteiger partial charge is 0.194 e. The first kappa shape index (κ1) is 7.55. The number of aryl methyl sites for hydroxylation is 1. The molecular formula is C8H7NO2. The van der Waals surface area contributed by atoms with Crippen LogP contribution in [0.2, 0.25) is 0 Å². The number of hydrogen-bond donors (Lipinski definition) is 0. The zero-order chi connectivity index (χ0) is 8.43. The molecule has 0 aliphatic carbocycles. The minimum Gasteiger partial charge on any atom is -0.457 e. The van der Waals surface area contributed by atoms with Crippen LogP contribution in [0.25, 0.3) is 0 Å². The van der Waals surface area contributed by atoms with Gasteiger partial charge in [-0.1, -0.05) is 0 Å². The predicted octanol–water partition coefficient (Wildman–Crippen LogP) is 1.66. The van der Waals surface area contributed by atoms with Crippen molar-refractivity contribution in [3.8, 4) is 6.07 Å². The molecule has 1 heterocycles. The number of nitrogens with zero attached hydrogens (tertiary/aromatic N) is 1. The Morgan fingerprint density at radius 1 is 1.73 bits per heavy atom. The van der Waals surface area contributed by atoms with E-state index in [0.29, 0.717) is 11.3 Å². The summed E-state index contributed by atoms with van der Waals surface area (Å²) in [5.41, 5.74) is 0.426. The van der Waals surface area contributed by atoms with Gasteiger partial charge in [-0.2, -0.15) is 5.26 Å². The van der Waals surface area contributed by atoms with Gasteiger partial charge in [0, 0.05) is 13.0 Å². The van der Waals surface area contributed by atoms with Crippen LogP contribution in [0.3, 0.4) is 0 Å². The lowest BCUT2D eigenvalue weighted by molar-refractivity contribution is 0.0986. The van der Waals surface area contributed by atoms with Gasteiger partial charge in [0.15, 0.2) is 11.5 Å². The van der Waals surface area contributed by atoms with Crippen molar-refractivity contribution in [1.29, 1.82) is 5.26 Å². The van der Waals surface area contributed by atoms with Crippen molar-refractivity contribution in [2.45, 2.75) is 13.8 Å². The standard InChI is InChI=1S/C8H7NO2/c1-5(10)8-3-7(4-9)6(2)11-8/h3H,1-2H3. The van der Waals surface area contributed by atoms with Gasteiger partial charge >= 0.3 is 0 Å². The van der Waals surface area contributed by atoms with Crippen LogP contribution >= 0.6 is 0 Å². The Hall–Kier alpha value is -1.56. The topological polar surface area (TPSA) is 54.0 Å². The third-order valence-electron chi connectivity index (χ3n) is 1.39. The first-order chi connectivity index (χ1) is 5.15. The summed E-state index contributed by atoms with van der Waals surface area (Å²) in [6.45, 7) is 3.06. The molecule has 1 aromatic heterocycles. The lowest BCUT2D eigenvalue weighted by atomic mass is 10.2. The predicted molar refractivity (Wildman–Crippen MR) is 38.2 cm³/mol. The molecule has 0 unspecified atom stereocenters. The van der Waals surface area contributed by atoms with Crippen molar-refractivity contribution < 1.29 is 9.21 Å². The number of ketones is 1. The molecule has 1 aromatic rings. The molecule has 3 heteroatoms. The van der Waals surface area contributed by atoms with E-state index in [9.17, 15) is 4.79 Å². The van der Waals surface area contributed by atoms with Crippen LogP contribution in [0.5, 0.6) is 0 Å². The molecule has 0 bridgehead atoms. The van der Waals surface area contributed by atoms with Crippen LogP contribution in [-0.2, 0) is 0 Å². The maximum atomic E-state index is 10.7. The Bertz CT molecular complexity index is 330. The van der Waals surface area contributed by atoms with Crippen LogP contribution < -0.4 is 0 Å². The molecule has 0 spiro atoms. The summed E-state index contributed by atoms with van der Waals surface area (Å²) in [5, 5.41) is 8.49. The van der Waals surface area contributed by atoms with E-state index in [1.165, 1.54) is 13.0 Å². The number of Topliss-reactive ketones (excluding diaryl/α,β-unsaturated/α-hetero) is 1. The Balaban J connectivity index is 3.18. The molecule has 0 aliphatic rings. The van der Waals surface area contributed by atoms with Gasteiger partial charge in [-0.05, 0) is 6.92 Å². The minimum atomic E-state index is -0.158. The summed E-state index contributed by atoms with van der Waals surface area (Å²) < 4.78 is 4.99. The highest BCUT2D eigenvalue weighted by molar-refractivity contribution is 5.91. The van der Waals surface area contributed by atoms with Gasteiger partial charge in [0.25, 0.3) is 0 Å². The molecule has 56 valence electrons.